The van der Waals surface area contributed by atoms with Gasteiger partial charge in [0.05, 0.1) is 28.7 Å². The number of nitrogens with zero attached hydrogens (tertiary/aromatic N) is 4. The molecule has 1 aliphatic carbocycles. The first-order valence-corrected chi connectivity index (χ1v) is 13.5. The average molecular weight is 517 g/mol. The van der Waals surface area contributed by atoms with Crippen molar-refractivity contribution in [2.24, 2.45) is 12.0 Å². The summed E-state index contributed by atoms with van der Waals surface area (Å²) in [5, 5.41) is 9.61. The van der Waals surface area contributed by atoms with Gasteiger partial charge in [0.1, 0.15) is 11.7 Å². The lowest BCUT2D eigenvalue weighted by Crippen LogP contribution is -2.39. The van der Waals surface area contributed by atoms with Crippen LogP contribution in [0, 0.1) is 0 Å². The highest BCUT2D eigenvalue weighted by atomic mass is 16.4. The van der Waals surface area contributed by atoms with Crippen LogP contribution in [0.15, 0.2) is 95.5 Å². The Balaban J connectivity index is 1.32. The van der Waals surface area contributed by atoms with E-state index in [0.29, 0.717) is 5.56 Å². The first-order chi connectivity index (χ1) is 18.9. The Kier molecular flexibility index (Phi) is 6.39. The summed E-state index contributed by atoms with van der Waals surface area (Å²) in [5.41, 5.74) is 7.62. The molecule has 196 valence electrons. The number of allylic oxidation sites excluding steroid dienone is 2. The third-order valence-electron chi connectivity index (χ3n) is 7.80. The fourth-order valence-corrected chi connectivity index (χ4v) is 5.85. The number of para-hydroxylation sites is 2. The van der Waals surface area contributed by atoms with Crippen LogP contribution >= 0.6 is 0 Å². The molecule has 6 nitrogen and oxygen atoms in total. The van der Waals surface area contributed by atoms with Gasteiger partial charge in [-0.2, -0.15) is 0 Å². The van der Waals surface area contributed by atoms with Crippen LogP contribution in [0.4, 0.5) is 0 Å². The number of carboxylic acids is 1. The Labute approximate surface area is 228 Å². The summed E-state index contributed by atoms with van der Waals surface area (Å²) in [6, 6.07) is 23.9. The zero-order valence-corrected chi connectivity index (χ0v) is 22.5. The van der Waals surface area contributed by atoms with E-state index >= 15 is 0 Å². The topological polar surface area (TPSA) is 70.7 Å². The van der Waals surface area contributed by atoms with Crippen molar-refractivity contribution < 1.29 is 9.90 Å². The molecular formula is C33H32N4O2. The van der Waals surface area contributed by atoms with Crippen LogP contribution in [-0.4, -0.2) is 43.4 Å². The number of aromatic nitrogens is 2. The highest BCUT2D eigenvalue weighted by Crippen LogP contribution is 2.36. The predicted octanol–water partition coefficient (Wildman–Crippen LogP) is 6.73. The molecule has 2 aliphatic rings. The first kappa shape index (κ1) is 24.9. The Morgan fingerprint density at radius 3 is 2.49 bits per heavy atom. The van der Waals surface area contributed by atoms with E-state index in [4.69, 9.17) is 9.98 Å². The number of benzene rings is 3. The molecule has 0 fully saturated rings. The quantitative estimate of drug-likeness (QED) is 0.296. The molecule has 2 heterocycles. The lowest BCUT2D eigenvalue weighted by Gasteiger charge is -2.31. The number of rotatable bonds is 7. The summed E-state index contributed by atoms with van der Waals surface area (Å²) in [4.78, 5) is 24.3. The number of carbonyl (C=O) groups is 1. The molecule has 0 bridgehead atoms. The molecule has 0 saturated heterocycles. The predicted molar refractivity (Wildman–Crippen MR) is 157 cm³/mol. The van der Waals surface area contributed by atoms with Crippen LogP contribution in [0.3, 0.4) is 0 Å². The second-order valence-electron chi connectivity index (χ2n) is 10.4. The molecule has 6 heteroatoms. The van der Waals surface area contributed by atoms with Gasteiger partial charge in [-0.1, -0.05) is 67.6 Å². The smallest absolute Gasteiger partial charge is 0.336 e. The lowest BCUT2D eigenvalue weighted by atomic mass is 9.91. The normalized spacial score (nSPS) is 18.5. The SMILES string of the molecule is CCCC1=NC2C(C)=CC(c3nc4ccccc4n3C)=CC2N1Cc1ccc(-c2ccccc2C(=O)O)cc1. The van der Waals surface area contributed by atoms with Crippen molar-refractivity contribution in [2.75, 3.05) is 0 Å². The van der Waals surface area contributed by atoms with Crippen LogP contribution in [0.2, 0.25) is 0 Å². The van der Waals surface area contributed by atoms with E-state index in [0.717, 1.165) is 58.8 Å². The zero-order chi connectivity index (χ0) is 27.1. The van der Waals surface area contributed by atoms with Crippen molar-refractivity contribution in [3.8, 4) is 11.1 Å². The van der Waals surface area contributed by atoms with Crippen molar-refractivity contribution >= 4 is 28.4 Å². The molecule has 39 heavy (non-hydrogen) atoms. The minimum absolute atomic E-state index is 0.103. The van der Waals surface area contributed by atoms with E-state index in [-0.39, 0.29) is 12.1 Å². The summed E-state index contributed by atoms with van der Waals surface area (Å²) in [5.74, 6) is 1.20. The van der Waals surface area contributed by atoms with Gasteiger partial charge in [0.2, 0.25) is 0 Å². The Hall–Kier alpha value is -4.45. The van der Waals surface area contributed by atoms with Gasteiger partial charge in [-0.3, -0.25) is 4.99 Å². The van der Waals surface area contributed by atoms with Crippen molar-refractivity contribution in [1.29, 1.82) is 0 Å². The molecule has 0 spiro atoms. The van der Waals surface area contributed by atoms with Crippen LogP contribution in [-0.2, 0) is 13.6 Å². The number of amidine groups is 1. The molecule has 0 amide bonds. The van der Waals surface area contributed by atoms with E-state index < -0.39 is 5.97 Å². The van der Waals surface area contributed by atoms with E-state index in [2.05, 4.69) is 72.8 Å². The highest BCUT2D eigenvalue weighted by Gasteiger charge is 2.37. The summed E-state index contributed by atoms with van der Waals surface area (Å²) in [7, 11) is 2.08. The van der Waals surface area contributed by atoms with E-state index in [1.54, 1.807) is 12.1 Å². The van der Waals surface area contributed by atoms with Gasteiger partial charge in [-0.25, -0.2) is 9.78 Å². The number of hydrogen-bond acceptors (Lipinski definition) is 4. The van der Waals surface area contributed by atoms with Crippen molar-refractivity contribution in [2.45, 2.75) is 45.3 Å². The fraction of sp³-hybridized carbons (Fsp3) is 0.242. The number of hydrogen-bond donors (Lipinski definition) is 1. The Morgan fingerprint density at radius 1 is 1.00 bits per heavy atom. The molecule has 6 rings (SSSR count). The molecule has 0 radical (unpaired) electrons. The maximum absolute atomic E-state index is 11.7. The summed E-state index contributed by atoms with van der Waals surface area (Å²) in [6.07, 6.45) is 6.54. The molecule has 2 unspecified atom stereocenters. The van der Waals surface area contributed by atoms with Gasteiger partial charge in [0.25, 0.3) is 0 Å². The maximum atomic E-state index is 11.7. The molecule has 4 aromatic rings. The number of aliphatic imine (C=N–C) groups is 1. The zero-order valence-electron chi connectivity index (χ0n) is 22.5. The van der Waals surface area contributed by atoms with E-state index in [9.17, 15) is 9.90 Å². The molecule has 0 saturated carbocycles. The monoisotopic (exact) mass is 516 g/mol. The van der Waals surface area contributed by atoms with Crippen LogP contribution < -0.4 is 0 Å². The highest BCUT2D eigenvalue weighted by molar-refractivity contribution is 5.96. The number of aromatic carboxylic acids is 1. The third kappa shape index (κ3) is 4.46. The Bertz CT molecular complexity index is 1660. The molecular weight excluding hydrogens is 484 g/mol. The second kappa shape index (κ2) is 10.0. The number of imidazole rings is 1. The molecule has 1 N–H and O–H groups in total. The van der Waals surface area contributed by atoms with Crippen molar-refractivity contribution in [3.05, 3.63) is 107 Å². The van der Waals surface area contributed by atoms with Crippen LogP contribution in [0.5, 0.6) is 0 Å². The van der Waals surface area contributed by atoms with Gasteiger partial charge < -0.3 is 14.6 Å². The van der Waals surface area contributed by atoms with E-state index in [1.165, 1.54) is 11.1 Å². The molecule has 3 aromatic carbocycles. The lowest BCUT2D eigenvalue weighted by molar-refractivity contribution is 0.0697. The molecule has 2 atom stereocenters. The van der Waals surface area contributed by atoms with E-state index in [1.807, 2.05) is 30.3 Å². The minimum atomic E-state index is -0.915. The van der Waals surface area contributed by atoms with Gasteiger partial charge in [-0.15, -0.1) is 0 Å². The van der Waals surface area contributed by atoms with Gasteiger partial charge in [0, 0.05) is 25.6 Å². The molecule has 1 aromatic heterocycles. The largest absolute Gasteiger partial charge is 0.478 e. The number of fused-ring (bicyclic) bond motifs is 2. The van der Waals surface area contributed by atoms with Crippen molar-refractivity contribution in [1.82, 2.24) is 14.5 Å². The summed E-state index contributed by atoms with van der Waals surface area (Å²) < 4.78 is 2.17. The summed E-state index contributed by atoms with van der Waals surface area (Å²) in [6.45, 7) is 5.11. The van der Waals surface area contributed by atoms with Gasteiger partial charge in [-0.05, 0) is 59.9 Å². The average Bonchev–Trinajstić information content (AvgIpc) is 3.47. The van der Waals surface area contributed by atoms with Crippen LogP contribution in [0.1, 0.15) is 48.4 Å². The molecule has 1 aliphatic heterocycles. The number of carboxylic acid groups (broad SMARTS) is 1. The fourth-order valence-electron chi connectivity index (χ4n) is 5.85. The standard InChI is InChI=1S/C33H32N4O2/c1-4-9-30-35-31-21(2)18-24(32-34-27-12-7-8-13-28(27)36(32)3)19-29(31)37(30)20-22-14-16-23(17-15-22)25-10-5-6-11-26(25)33(38)39/h5-8,10-19,29,31H,4,9,20H2,1-3H3,(H,38,39). The minimum Gasteiger partial charge on any atom is -0.478 e. The maximum Gasteiger partial charge on any atom is 0.336 e. The van der Waals surface area contributed by atoms with Gasteiger partial charge in [0.15, 0.2) is 0 Å². The van der Waals surface area contributed by atoms with Gasteiger partial charge >= 0.3 is 5.97 Å². The third-order valence-corrected chi connectivity index (χ3v) is 7.80. The second-order valence-corrected chi connectivity index (χ2v) is 10.4. The Morgan fingerprint density at radius 2 is 1.74 bits per heavy atom. The van der Waals surface area contributed by atoms with Crippen LogP contribution in [0.25, 0.3) is 27.7 Å². The number of aryl methyl sites for hydroxylation is 1. The first-order valence-electron chi connectivity index (χ1n) is 13.5. The van der Waals surface area contributed by atoms with Crippen molar-refractivity contribution in [3.63, 3.8) is 0 Å². The summed E-state index contributed by atoms with van der Waals surface area (Å²) >= 11 is 0.